The third-order valence-electron chi connectivity index (χ3n) is 13.7. The van der Waals surface area contributed by atoms with E-state index in [1.165, 1.54) is 33.4 Å². The average Bonchev–Trinajstić information content (AvgIpc) is 3.92. The molecule has 68 heavy (non-hydrogen) atoms. The zero-order chi connectivity index (χ0) is 45.0. The Morgan fingerprint density at radius 2 is 0.750 bits per heavy atom. The first-order valence-corrected chi connectivity index (χ1v) is 23.2. The van der Waals surface area contributed by atoms with Crippen molar-refractivity contribution in [3.8, 4) is 73.2 Å². The van der Waals surface area contributed by atoms with Crippen molar-refractivity contribution in [3.05, 3.63) is 277 Å². The molecule has 1 aliphatic rings. The molecule has 1 aliphatic carbocycles. The van der Waals surface area contributed by atoms with Gasteiger partial charge in [-0.05, 0) is 103 Å². The number of benzene rings is 10. The van der Waals surface area contributed by atoms with Crippen molar-refractivity contribution >= 4 is 21.8 Å². The average molecular weight is 867 g/mol. The van der Waals surface area contributed by atoms with Crippen LogP contribution in [-0.4, -0.2) is 19.5 Å². The lowest BCUT2D eigenvalue weighted by molar-refractivity contribution is 0.769. The van der Waals surface area contributed by atoms with Crippen molar-refractivity contribution in [2.45, 2.75) is 5.41 Å². The predicted octanol–water partition coefficient (Wildman–Crippen LogP) is 15.7. The van der Waals surface area contributed by atoms with Crippen LogP contribution in [0.2, 0.25) is 0 Å². The van der Waals surface area contributed by atoms with Crippen LogP contribution in [0.25, 0.3) is 95.0 Å². The molecule has 0 unspecified atom stereocenters. The number of para-hydroxylation sites is 1. The summed E-state index contributed by atoms with van der Waals surface area (Å²) in [5, 5.41) is 2.26. The molecule has 0 radical (unpaired) electrons. The fourth-order valence-corrected chi connectivity index (χ4v) is 10.7. The second kappa shape index (κ2) is 16.2. The van der Waals surface area contributed by atoms with Gasteiger partial charge in [-0.2, -0.15) is 9.97 Å². The third kappa shape index (κ3) is 6.41. The summed E-state index contributed by atoms with van der Waals surface area (Å²) in [6, 6.07) is 91.3. The first-order chi connectivity index (χ1) is 33.7. The lowest BCUT2D eigenvalue weighted by atomic mass is 9.67. The van der Waals surface area contributed by atoms with E-state index in [4.69, 9.17) is 15.0 Å². The van der Waals surface area contributed by atoms with Crippen LogP contribution in [0.5, 0.6) is 0 Å². The second-order valence-corrected chi connectivity index (χ2v) is 17.6. The van der Waals surface area contributed by atoms with Gasteiger partial charge in [0.1, 0.15) is 0 Å². The van der Waals surface area contributed by atoms with Crippen LogP contribution < -0.4 is 0 Å². The molecular formula is C64H42N4. The van der Waals surface area contributed by atoms with Gasteiger partial charge in [-0.25, -0.2) is 4.98 Å². The number of hydrogen-bond acceptors (Lipinski definition) is 3. The Morgan fingerprint density at radius 3 is 1.40 bits per heavy atom. The summed E-state index contributed by atoms with van der Waals surface area (Å²) in [4.78, 5) is 16.0. The van der Waals surface area contributed by atoms with Gasteiger partial charge in [-0.3, -0.25) is 4.57 Å². The van der Waals surface area contributed by atoms with Gasteiger partial charge in [-0.15, -0.1) is 0 Å². The highest BCUT2D eigenvalue weighted by molar-refractivity contribution is 6.10. The largest absolute Gasteiger partial charge is 0.278 e. The zero-order valence-corrected chi connectivity index (χ0v) is 37.0. The second-order valence-electron chi connectivity index (χ2n) is 17.6. The SMILES string of the molecule is c1ccc(-c2cc(-c3ccccc3)cc(-c3nc(-c4ccccc4)nc(-n4c5ccccc5c5ccc(-c6ccc7c(c6)C(c6ccccc6)(c6ccccc6)c6ccccc6-7)cc54)n3)c2)cc1. The lowest BCUT2D eigenvalue weighted by Crippen LogP contribution is -2.28. The van der Waals surface area contributed by atoms with Crippen molar-refractivity contribution in [1.82, 2.24) is 19.5 Å². The number of aromatic nitrogens is 4. The molecule has 0 atom stereocenters. The molecule has 0 fully saturated rings. The summed E-state index contributed by atoms with van der Waals surface area (Å²) in [5.74, 6) is 1.76. The minimum Gasteiger partial charge on any atom is -0.278 e. The standard InChI is InChI=1S/C64H42N4/c1-6-20-43(21-7-1)48-38-49(44-22-8-2-9-23-44)40-50(39-48)62-65-61(45-24-10-3-11-25-45)66-63(67-62)68-59-33-19-17-31-55(59)56-37-35-47(42-60(56)68)46-34-36-54-53-30-16-18-32-57(53)64(58(54)41-46,51-26-12-4-13-27-51)52-28-14-5-15-29-52/h1-42H. The van der Waals surface area contributed by atoms with Gasteiger partial charge >= 0.3 is 0 Å². The van der Waals surface area contributed by atoms with Gasteiger partial charge in [0.05, 0.1) is 16.4 Å². The molecule has 0 saturated heterocycles. The van der Waals surface area contributed by atoms with Crippen LogP contribution in [0, 0.1) is 0 Å². The molecular weight excluding hydrogens is 825 g/mol. The smallest absolute Gasteiger partial charge is 0.238 e. The molecule has 0 N–H and O–H groups in total. The van der Waals surface area contributed by atoms with E-state index in [1.807, 2.05) is 18.2 Å². The van der Waals surface area contributed by atoms with E-state index in [2.05, 4.69) is 241 Å². The summed E-state index contributed by atoms with van der Waals surface area (Å²) in [6.45, 7) is 0. The highest BCUT2D eigenvalue weighted by atomic mass is 15.2. The van der Waals surface area contributed by atoms with E-state index in [9.17, 15) is 0 Å². The number of rotatable bonds is 8. The lowest BCUT2D eigenvalue weighted by Gasteiger charge is -2.34. The minimum absolute atomic E-state index is 0.503. The minimum atomic E-state index is -0.503. The van der Waals surface area contributed by atoms with Crippen LogP contribution in [0.4, 0.5) is 0 Å². The van der Waals surface area contributed by atoms with E-state index >= 15 is 0 Å². The van der Waals surface area contributed by atoms with Crippen LogP contribution in [0.3, 0.4) is 0 Å². The zero-order valence-electron chi connectivity index (χ0n) is 37.0. The van der Waals surface area contributed by atoms with E-state index in [1.54, 1.807) is 0 Å². The Kier molecular flexibility index (Phi) is 9.36. The molecule has 10 aromatic carbocycles. The monoisotopic (exact) mass is 866 g/mol. The molecule has 318 valence electrons. The first kappa shape index (κ1) is 39.4. The van der Waals surface area contributed by atoms with Crippen molar-refractivity contribution in [3.63, 3.8) is 0 Å². The molecule has 2 heterocycles. The summed E-state index contributed by atoms with van der Waals surface area (Å²) in [5.41, 5.74) is 17.6. The quantitative estimate of drug-likeness (QED) is 0.153. The van der Waals surface area contributed by atoms with Crippen LogP contribution in [0.15, 0.2) is 255 Å². The molecule has 2 aromatic heterocycles. The summed E-state index contributed by atoms with van der Waals surface area (Å²) < 4.78 is 2.23. The first-order valence-electron chi connectivity index (χ1n) is 23.2. The van der Waals surface area contributed by atoms with E-state index in [-0.39, 0.29) is 0 Å². The highest BCUT2D eigenvalue weighted by Gasteiger charge is 2.46. The van der Waals surface area contributed by atoms with Crippen molar-refractivity contribution < 1.29 is 0 Å². The van der Waals surface area contributed by atoms with E-state index in [0.29, 0.717) is 17.6 Å². The van der Waals surface area contributed by atoms with Crippen LogP contribution in [0.1, 0.15) is 22.3 Å². The van der Waals surface area contributed by atoms with Gasteiger partial charge in [0, 0.05) is 21.9 Å². The molecule has 12 aromatic rings. The van der Waals surface area contributed by atoms with Gasteiger partial charge in [0.15, 0.2) is 11.6 Å². The molecule has 0 spiro atoms. The molecule has 4 nitrogen and oxygen atoms in total. The number of fused-ring (bicyclic) bond motifs is 6. The maximum absolute atomic E-state index is 5.44. The fraction of sp³-hybridized carbons (Fsp3) is 0.0156. The maximum Gasteiger partial charge on any atom is 0.238 e. The summed E-state index contributed by atoms with van der Waals surface area (Å²) in [6.07, 6.45) is 0. The van der Waals surface area contributed by atoms with Gasteiger partial charge in [-0.1, -0.05) is 218 Å². The summed E-state index contributed by atoms with van der Waals surface area (Å²) in [7, 11) is 0. The van der Waals surface area contributed by atoms with Crippen molar-refractivity contribution in [2.75, 3.05) is 0 Å². The Labute approximate surface area is 395 Å². The van der Waals surface area contributed by atoms with Gasteiger partial charge in [0.25, 0.3) is 0 Å². The normalized spacial score (nSPS) is 12.5. The van der Waals surface area contributed by atoms with Crippen molar-refractivity contribution in [2.24, 2.45) is 0 Å². The van der Waals surface area contributed by atoms with E-state index < -0.39 is 5.41 Å². The van der Waals surface area contributed by atoms with Crippen LogP contribution >= 0.6 is 0 Å². The Balaban J connectivity index is 1.03. The molecule has 4 heteroatoms. The van der Waals surface area contributed by atoms with Crippen LogP contribution in [-0.2, 0) is 5.41 Å². The topological polar surface area (TPSA) is 43.6 Å². The maximum atomic E-state index is 5.44. The molecule has 0 bridgehead atoms. The molecule has 0 saturated carbocycles. The molecule has 0 amide bonds. The Bertz CT molecular complexity index is 3730. The van der Waals surface area contributed by atoms with Gasteiger partial charge in [0.2, 0.25) is 5.95 Å². The highest BCUT2D eigenvalue weighted by Crippen LogP contribution is 2.56. The van der Waals surface area contributed by atoms with Gasteiger partial charge < -0.3 is 0 Å². The fourth-order valence-electron chi connectivity index (χ4n) is 10.7. The number of hydrogen-bond donors (Lipinski definition) is 0. The van der Waals surface area contributed by atoms with E-state index in [0.717, 1.165) is 66.3 Å². The predicted molar refractivity (Wildman–Crippen MR) is 279 cm³/mol. The third-order valence-corrected chi connectivity index (χ3v) is 13.7. The Morgan fingerprint density at radius 1 is 0.279 bits per heavy atom. The summed E-state index contributed by atoms with van der Waals surface area (Å²) >= 11 is 0. The van der Waals surface area contributed by atoms with Crippen molar-refractivity contribution in [1.29, 1.82) is 0 Å². The molecule has 0 aliphatic heterocycles. The molecule has 13 rings (SSSR count). The number of nitrogens with zero attached hydrogens (tertiary/aromatic N) is 4. The Hall–Kier alpha value is -8.99.